The van der Waals surface area contributed by atoms with Crippen molar-refractivity contribution in [3.8, 4) is 23.3 Å². The smallest absolute Gasteiger partial charge is 0.444 e. The molecule has 4 rings (SSSR count). The Balaban J connectivity index is 1.41. The molecule has 10 heteroatoms. The van der Waals surface area contributed by atoms with Crippen LogP contribution in [-0.2, 0) is 12.7 Å². The Hall–Kier alpha value is -4.21. The van der Waals surface area contributed by atoms with Crippen LogP contribution in [0.1, 0.15) is 11.1 Å². The second-order valence-corrected chi connectivity index (χ2v) is 6.93. The molecule has 0 spiro atoms. The highest BCUT2D eigenvalue weighted by Gasteiger charge is 2.30. The quantitative estimate of drug-likeness (QED) is 0.408. The molecule has 1 N–H and O–H groups in total. The van der Waals surface area contributed by atoms with Gasteiger partial charge in [-0.2, -0.15) is 17.9 Å². The standard InChI is InChI=1S/C23H18F3N3O4/c1-31-21-28-29(22(30)33-21)18-10-8-17(9-11-18)27-14-15-4-2-6-19(12-15)32-20-7-3-5-16(13-20)23(24,25)26/h2-13,27H,14H2,1H3. The molecule has 7 nitrogen and oxygen atoms in total. The molecular formula is C23H18F3N3O4. The van der Waals surface area contributed by atoms with Gasteiger partial charge >= 0.3 is 18.0 Å². The molecule has 33 heavy (non-hydrogen) atoms. The molecule has 0 aliphatic rings. The Bertz CT molecular complexity index is 1300. The summed E-state index contributed by atoms with van der Waals surface area (Å²) in [6.07, 6.45) is -4.57. The normalized spacial score (nSPS) is 11.3. The van der Waals surface area contributed by atoms with Crippen LogP contribution in [0, 0.1) is 0 Å². The van der Waals surface area contributed by atoms with Gasteiger partial charge in [0, 0.05) is 12.2 Å². The van der Waals surface area contributed by atoms with Crippen LogP contribution in [0.3, 0.4) is 0 Å². The van der Waals surface area contributed by atoms with Gasteiger partial charge in [-0.3, -0.25) is 0 Å². The van der Waals surface area contributed by atoms with E-state index in [0.717, 1.165) is 28.1 Å². The molecule has 0 fully saturated rings. The molecule has 4 aromatic rings. The van der Waals surface area contributed by atoms with Gasteiger partial charge in [0.25, 0.3) is 0 Å². The molecule has 0 amide bonds. The highest BCUT2D eigenvalue weighted by molar-refractivity contribution is 5.49. The molecular weight excluding hydrogens is 439 g/mol. The second-order valence-electron chi connectivity index (χ2n) is 6.93. The molecule has 1 aromatic heterocycles. The number of hydrogen-bond donors (Lipinski definition) is 1. The van der Waals surface area contributed by atoms with Gasteiger partial charge in [-0.1, -0.05) is 23.3 Å². The van der Waals surface area contributed by atoms with Crippen molar-refractivity contribution >= 4 is 5.69 Å². The van der Waals surface area contributed by atoms with Crippen LogP contribution in [0.5, 0.6) is 17.6 Å². The number of alkyl halides is 3. The number of ether oxygens (including phenoxy) is 2. The van der Waals surface area contributed by atoms with Gasteiger partial charge in [-0.05, 0) is 60.2 Å². The summed E-state index contributed by atoms with van der Waals surface area (Å²) < 4.78 is 55.0. The number of hydrogen-bond acceptors (Lipinski definition) is 6. The summed E-state index contributed by atoms with van der Waals surface area (Å²) in [5.41, 5.74) is 1.38. The zero-order chi connectivity index (χ0) is 23.4. The molecule has 0 saturated carbocycles. The summed E-state index contributed by atoms with van der Waals surface area (Å²) in [6.45, 7) is 0.441. The summed E-state index contributed by atoms with van der Waals surface area (Å²) in [6, 6.07) is 18.7. The first-order valence-electron chi connectivity index (χ1n) is 9.74. The van der Waals surface area contributed by atoms with Crippen LogP contribution in [0.2, 0.25) is 0 Å². The Morgan fingerprint density at radius 2 is 1.70 bits per heavy atom. The van der Waals surface area contributed by atoms with Gasteiger partial charge in [0.2, 0.25) is 0 Å². The zero-order valence-electron chi connectivity index (χ0n) is 17.3. The van der Waals surface area contributed by atoms with E-state index in [0.29, 0.717) is 18.0 Å². The third-order valence-electron chi connectivity index (χ3n) is 4.61. The first-order chi connectivity index (χ1) is 15.8. The first kappa shape index (κ1) is 22.0. The highest BCUT2D eigenvalue weighted by Crippen LogP contribution is 2.32. The predicted molar refractivity (Wildman–Crippen MR) is 114 cm³/mol. The maximum atomic E-state index is 12.9. The lowest BCUT2D eigenvalue weighted by Crippen LogP contribution is -2.13. The Kier molecular flexibility index (Phi) is 6.07. The third kappa shape index (κ3) is 5.35. The number of methoxy groups -OCH3 is 1. The van der Waals surface area contributed by atoms with Crippen molar-refractivity contribution in [2.45, 2.75) is 12.7 Å². The van der Waals surface area contributed by atoms with Crippen molar-refractivity contribution in [1.29, 1.82) is 0 Å². The van der Waals surface area contributed by atoms with Crippen molar-refractivity contribution in [2.24, 2.45) is 0 Å². The van der Waals surface area contributed by atoms with Gasteiger partial charge in [-0.15, -0.1) is 0 Å². The van der Waals surface area contributed by atoms with E-state index >= 15 is 0 Å². The van der Waals surface area contributed by atoms with Crippen LogP contribution < -0.4 is 20.5 Å². The topological polar surface area (TPSA) is 78.5 Å². The predicted octanol–water partition coefficient (Wildman–Crippen LogP) is 5.26. The largest absolute Gasteiger partial charge is 0.457 e. The van der Waals surface area contributed by atoms with Gasteiger partial charge in [0.05, 0.1) is 18.4 Å². The number of benzene rings is 3. The lowest BCUT2D eigenvalue weighted by molar-refractivity contribution is -0.137. The minimum absolute atomic E-state index is 0.102. The molecule has 0 radical (unpaired) electrons. The fraction of sp³-hybridized carbons (Fsp3) is 0.130. The van der Waals surface area contributed by atoms with Gasteiger partial charge in [0.15, 0.2) is 0 Å². The summed E-state index contributed by atoms with van der Waals surface area (Å²) in [5, 5.41) is 7.13. The van der Waals surface area contributed by atoms with Crippen molar-refractivity contribution in [3.63, 3.8) is 0 Å². The van der Waals surface area contributed by atoms with E-state index in [1.807, 2.05) is 6.07 Å². The summed E-state index contributed by atoms with van der Waals surface area (Å²) in [5.74, 6) is -0.140. The van der Waals surface area contributed by atoms with Crippen LogP contribution in [0.15, 0.2) is 82.0 Å². The van der Waals surface area contributed by atoms with Crippen molar-refractivity contribution in [3.05, 3.63) is 94.5 Å². The van der Waals surface area contributed by atoms with Crippen molar-refractivity contribution in [1.82, 2.24) is 9.78 Å². The molecule has 0 unspecified atom stereocenters. The van der Waals surface area contributed by atoms with Gasteiger partial charge < -0.3 is 19.2 Å². The maximum Gasteiger partial charge on any atom is 0.444 e. The molecule has 0 atom stereocenters. The number of halogens is 3. The average molecular weight is 457 g/mol. The summed E-state index contributed by atoms with van der Waals surface area (Å²) >= 11 is 0. The molecule has 170 valence electrons. The Morgan fingerprint density at radius 3 is 2.36 bits per heavy atom. The molecule has 1 heterocycles. The van der Waals surface area contributed by atoms with Crippen molar-refractivity contribution < 1.29 is 27.1 Å². The van der Waals surface area contributed by atoms with Crippen LogP contribution in [0.25, 0.3) is 5.69 Å². The van der Waals surface area contributed by atoms with Gasteiger partial charge in [0.1, 0.15) is 11.5 Å². The first-order valence-corrected chi connectivity index (χ1v) is 9.74. The molecule has 3 aromatic carbocycles. The van der Waals surface area contributed by atoms with E-state index in [4.69, 9.17) is 13.9 Å². The third-order valence-corrected chi connectivity index (χ3v) is 4.61. The van der Waals surface area contributed by atoms with E-state index in [2.05, 4.69) is 10.4 Å². The van der Waals surface area contributed by atoms with Crippen LogP contribution >= 0.6 is 0 Å². The van der Waals surface area contributed by atoms with Crippen LogP contribution in [-0.4, -0.2) is 16.9 Å². The van der Waals surface area contributed by atoms with E-state index in [9.17, 15) is 18.0 Å². The zero-order valence-corrected chi connectivity index (χ0v) is 17.3. The Morgan fingerprint density at radius 1 is 1.00 bits per heavy atom. The maximum absolute atomic E-state index is 12.9. The molecule has 0 aliphatic heterocycles. The van der Waals surface area contributed by atoms with E-state index in [-0.39, 0.29) is 11.8 Å². The lowest BCUT2D eigenvalue weighted by atomic mass is 10.2. The summed E-state index contributed by atoms with van der Waals surface area (Å²) in [7, 11) is 1.35. The summed E-state index contributed by atoms with van der Waals surface area (Å²) in [4.78, 5) is 11.8. The number of nitrogens with zero attached hydrogens (tertiary/aromatic N) is 2. The second kappa shape index (κ2) is 9.11. The minimum Gasteiger partial charge on any atom is -0.457 e. The van der Waals surface area contributed by atoms with E-state index < -0.39 is 17.5 Å². The monoisotopic (exact) mass is 457 g/mol. The number of nitrogens with one attached hydrogen (secondary N) is 1. The SMILES string of the molecule is COc1nn(-c2ccc(NCc3cccc(Oc4cccc(C(F)(F)F)c4)c3)cc2)c(=O)o1. The fourth-order valence-corrected chi connectivity index (χ4v) is 3.02. The lowest BCUT2D eigenvalue weighted by Gasteiger charge is -2.11. The van der Waals surface area contributed by atoms with E-state index in [1.165, 1.54) is 19.2 Å². The molecule has 0 aliphatic carbocycles. The number of anilines is 1. The van der Waals surface area contributed by atoms with Crippen molar-refractivity contribution in [2.75, 3.05) is 12.4 Å². The number of rotatable bonds is 7. The minimum atomic E-state index is -4.44. The van der Waals surface area contributed by atoms with E-state index in [1.54, 1.807) is 42.5 Å². The van der Waals surface area contributed by atoms with Gasteiger partial charge in [-0.25, -0.2) is 4.79 Å². The Labute approximate surface area is 186 Å². The van der Waals surface area contributed by atoms with Crippen LogP contribution in [0.4, 0.5) is 18.9 Å². The average Bonchev–Trinajstić information content (AvgIpc) is 3.19. The fourth-order valence-electron chi connectivity index (χ4n) is 3.02. The highest BCUT2D eigenvalue weighted by atomic mass is 19.4. The number of aromatic nitrogens is 2. The molecule has 0 saturated heterocycles. The molecule has 0 bridgehead atoms.